The van der Waals surface area contributed by atoms with Gasteiger partial charge >= 0.3 is 0 Å². The summed E-state index contributed by atoms with van der Waals surface area (Å²) in [5, 5.41) is 3.24. The molecule has 0 radical (unpaired) electrons. The SMILES string of the molecule is COc1cc(NCC2CC2C)c(N)cc1F. The van der Waals surface area contributed by atoms with Crippen molar-refractivity contribution in [1.82, 2.24) is 0 Å². The molecule has 88 valence electrons. The van der Waals surface area contributed by atoms with Gasteiger partial charge in [-0.25, -0.2) is 4.39 Å². The van der Waals surface area contributed by atoms with Crippen molar-refractivity contribution in [1.29, 1.82) is 0 Å². The number of nitrogens with one attached hydrogen (secondary N) is 1. The predicted octanol–water partition coefficient (Wildman–Crippen LogP) is 2.48. The van der Waals surface area contributed by atoms with Gasteiger partial charge < -0.3 is 15.8 Å². The fraction of sp³-hybridized carbons (Fsp3) is 0.500. The summed E-state index contributed by atoms with van der Waals surface area (Å²) >= 11 is 0. The van der Waals surface area contributed by atoms with Crippen molar-refractivity contribution in [3.05, 3.63) is 17.9 Å². The molecule has 4 heteroatoms. The Balaban J connectivity index is 2.07. The van der Waals surface area contributed by atoms with Gasteiger partial charge in [0.15, 0.2) is 11.6 Å². The molecule has 1 aliphatic carbocycles. The maximum absolute atomic E-state index is 13.3. The fourth-order valence-corrected chi connectivity index (χ4v) is 1.80. The first kappa shape index (κ1) is 11.0. The molecule has 0 amide bonds. The summed E-state index contributed by atoms with van der Waals surface area (Å²) < 4.78 is 18.2. The molecule has 1 saturated carbocycles. The molecule has 1 aliphatic rings. The van der Waals surface area contributed by atoms with E-state index in [1.54, 1.807) is 6.07 Å². The number of halogens is 1. The highest BCUT2D eigenvalue weighted by Gasteiger charge is 2.32. The van der Waals surface area contributed by atoms with Crippen LogP contribution in [0.2, 0.25) is 0 Å². The smallest absolute Gasteiger partial charge is 0.167 e. The fourth-order valence-electron chi connectivity index (χ4n) is 1.80. The number of hydrogen-bond acceptors (Lipinski definition) is 3. The van der Waals surface area contributed by atoms with Gasteiger partial charge in [0.1, 0.15) is 0 Å². The van der Waals surface area contributed by atoms with Crippen molar-refractivity contribution in [2.45, 2.75) is 13.3 Å². The minimum atomic E-state index is -0.426. The zero-order valence-electron chi connectivity index (χ0n) is 9.59. The van der Waals surface area contributed by atoms with Crippen LogP contribution >= 0.6 is 0 Å². The molecule has 0 bridgehead atoms. The van der Waals surface area contributed by atoms with E-state index in [-0.39, 0.29) is 5.75 Å². The summed E-state index contributed by atoms with van der Waals surface area (Å²) in [6.45, 7) is 3.11. The molecule has 0 saturated heterocycles. The molecule has 16 heavy (non-hydrogen) atoms. The Labute approximate surface area is 94.8 Å². The van der Waals surface area contributed by atoms with Gasteiger partial charge in [-0.1, -0.05) is 6.92 Å². The first-order valence-corrected chi connectivity index (χ1v) is 5.48. The lowest BCUT2D eigenvalue weighted by Gasteiger charge is -2.11. The normalized spacial score (nSPS) is 22.9. The van der Waals surface area contributed by atoms with Gasteiger partial charge in [0, 0.05) is 18.7 Å². The van der Waals surface area contributed by atoms with Crippen LogP contribution in [0.4, 0.5) is 15.8 Å². The highest BCUT2D eigenvalue weighted by atomic mass is 19.1. The highest BCUT2D eigenvalue weighted by molar-refractivity contribution is 5.68. The molecule has 2 rings (SSSR count). The molecule has 0 spiro atoms. The van der Waals surface area contributed by atoms with Crippen LogP contribution < -0.4 is 15.8 Å². The Kier molecular flexibility index (Phi) is 2.90. The van der Waals surface area contributed by atoms with E-state index in [1.165, 1.54) is 19.6 Å². The van der Waals surface area contributed by atoms with Crippen molar-refractivity contribution < 1.29 is 9.13 Å². The van der Waals surface area contributed by atoms with Crippen LogP contribution in [0.5, 0.6) is 5.75 Å². The zero-order chi connectivity index (χ0) is 11.7. The van der Waals surface area contributed by atoms with Crippen LogP contribution in [0.3, 0.4) is 0 Å². The topological polar surface area (TPSA) is 47.3 Å². The molecule has 1 fully saturated rings. The number of nitrogens with two attached hydrogens (primary N) is 1. The summed E-state index contributed by atoms with van der Waals surface area (Å²) in [5.74, 6) is 1.30. The lowest BCUT2D eigenvalue weighted by molar-refractivity contribution is 0.387. The highest BCUT2D eigenvalue weighted by Crippen LogP contribution is 2.38. The Morgan fingerprint density at radius 3 is 2.81 bits per heavy atom. The van der Waals surface area contributed by atoms with Crippen LogP contribution in [0, 0.1) is 17.7 Å². The van der Waals surface area contributed by atoms with E-state index in [0.717, 1.165) is 24.1 Å². The lowest BCUT2D eigenvalue weighted by atomic mass is 10.2. The summed E-state index contributed by atoms with van der Waals surface area (Å²) in [6, 6.07) is 2.90. The van der Waals surface area contributed by atoms with Gasteiger partial charge in [-0.05, 0) is 18.3 Å². The summed E-state index contributed by atoms with van der Waals surface area (Å²) in [5.41, 5.74) is 6.90. The molecule has 2 atom stereocenters. The number of nitrogen functional groups attached to an aromatic ring is 1. The van der Waals surface area contributed by atoms with Crippen molar-refractivity contribution in [3.63, 3.8) is 0 Å². The third kappa shape index (κ3) is 2.21. The molecular weight excluding hydrogens is 207 g/mol. The summed E-state index contributed by atoms with van der Waals surface area (Å²) in [4.78, 5) is 0. The molecule has 3 N–H and O–H groups in total. The average molecular weight is 224 g/mol. The Bertz CT molecular complexity index is 395. The molecular formula is C12H17FN2O. The lowest BCUT2D eigenvalue weighted by Crippen LogP contribution is -2.07. The van der Waals surface area contributed by atoms with E-state index in [2.05, 4.69) is 12.2 Å². The maximum atomic E-state index is 13.3. The minimum absolute atomic E-state index is 0.223. The van der Waals surface area contributed by atoms with Crippen molar-refractivity contribution in [2.75, 3.05) is 24.7 Å². The second-order valence-electron chi connectivity index (χ2n) is 4.43. The van der Waals surface area contributed by atoms with E-state index >= 15 is 0 Å². The zero-order valence-corrected chi connectivity index (χ0v) is 9.59. The largest absolute Gasteiger partial charge is 0.494 e. The molecule has 2 unspecified atom stereocenters. The van der Waals surface area contributed by atoms with Crippen molar-refractivity contribution >= 4 is 11.4 Å². The van der Waals surface area contributed by atoms with E-state index in [0.29, 0.717) is 5.69 Å². The predicted molar refractivity (Wildman–Crippen MR) is 63.1 cm³/mol. The number of hydrogen-bond donors (Lipinski definition) is 2. The Hall–Kier alpha value is -1.45. The first-order chi connectivity index (χ1) is 7.61. The van der Waals surface area contributed by atoms with E-state index in [1.807, 2.05) is 0 Å². The molecule has 0 aromatic heterocycles. The van der Waals surface area contributed by atoms with Gasteiger partial charge in [0.25, 0.3) is 0 Å². The Morgan fingerprint density at radius 2 is 2.25 bits per heavy atom. The van der Waals surface area contributed by atoms with Gasteiger partial charge in [0.05, 0.1) is 18.5 Å². The molecule has 0 aliphatic heterocycles. The minimum Gasteiger partial charge on any atom is -0.494 e. The molecule has 3 nitrogen and oxygen atoms in total. The first-order valence-electron chi connectivity index (χ1n) is 5.48. The third-order valence-corrected chi connectivity index (χ3v) is 3.15. The third-order valence-electron chi connectivity index (χ3n) is 3.15. The van der Waals surface area contributed by atoms with Crippen LogP contribution in [0.25, 0.3) is 0 Å². The van der Waals surface area contributed by atoms with Gasteiger partial charge in [-0.2, -0.15) is 0 Å². The van der Waals surface area contributed by atoms with Gasteiger partial charge in [-0.3, -0.25) is 0 Å². The van der Waals surface area contributed by atoms with E-state index < -0.39 is 5.82 Å². The quantitative estimate of drug-likeness (QED) is 0.772. The maximum Gasteiger partial charge on any atom is 0.167 e. The number of anilines is 2. The second-order valence-corrected chi connectivity index (χ2v) is 4.43. The van der Waals surface area contributed by atoms with E-state index in [4.69, 9.17) is 10.5 Å². The average Bonchev–Trinajstić information content (AvgIpc) is 2.93. The number of rotatable bonds is 4. The molecule has 1 aromatic rings. The van der Waals surface area contributed by atoms with Gasteiger partial charge in [-0.15, -0.1) is 0 Å². The summed E-state index contributed by atoms with van der Waals surface area (Å²) in [7, 11) is 1.45. The number of methoxy groups -OCH3 is 1. The molecule has 0 heterocycles. The van der Waals surface area contributed by atoms with Crippen molar-refractivity contribution in [2.24, 2.45) is 11.8 Å². The van der Waals surface area contributed by atoms with Gasteiger partial charge in [0.2, 0.25) is 0 Å². The van der Waals surface area contributed by atoms with Crippen LogP contribution in [0.15, 0.2) is 12.1 Å². The second kappa shape index (κ2) is 4.20. The number of ether oxygens (including phenoxy) is 1. The number of benzene rings is 1. The standard InChI is InChI=1S/C12H17FN2O/c1-7-3-8(7)6-15-11-5-12(16-2)9(13)4-10(11)14/h4-5,7-8,15H,3,6,14H2,1-2H3. The molecule has 1 aromatic carbocycles. The van der Waals surface area contributed by atoms with Crippen molar-refractivity contribution in [3.8, 4) is 5.75 Å². The van der Waals surface area contributed by atoms with E-state index in [9.17, 15) is 4.39 Å². The summed E-state index contributed by atoms with van der Waals surface area (Å²) in [6.07, 6.45) is 1.26. The monoisotopic (exact) mass is 224 g/mol. The van der Waals surface area contributed by atoms with Crippen LogP contribution in [0.1, 0.15) is 13.3 Å². The Morgan fingerprint density at radius 1 is 1.56 bits per heavy atom. The van der Waals surface area contributed by atoms with Crippen LogP contribution in [-0.2, 0) is 0 Å². The van der Waals surface area contributed by atoms with Crippen LogP contribution in [-0.4, -0.2) is 13.7 Å².